The van der Waals surface area contributed by atoms with Gasteiger partial charge in [-0.1, -0.05) is 18.2 Å². The zero-order valence-corrected chi connectivity index (χ0v) is 9.00. The van der Waals surface area contributed by atoms with Gasteiger partial charge in [0.2, 0.25) is 0 Å². The highest BCUT2D eigenvalue weighted by Gasteiger charge is 2.02. The number of carbonyl (C=O) groups is 1. The van der Waals surface area contributed by atoms with Gasteiger partial charge in [-0.3, -0.25) is 9.78 Å². The Bertz CT molecular complexity index is 414. The summed E-state index contributed by atoms with van der Waals surface area (Å²) in [6.45, 7) is 1.43. The third-order valence-corrected chi connectivity index (χ3v) is 1.85. The van der Waals surface area contributed by atoms with Crippen molar-refractivity contribution in [2.24, 2.45) is 0 Å². The lowest BCUT2D eigenvalue weighted by Gasteiger charge is -1.96. The first-order valence-corrected chi connectivity index (χ1v) is 4.85. The van der Waals surface area contributed by atoms with Crippen LogP contribution in [0.25, 0.3) is 0 Å². The van der Waals surface area contributed by atoms with Crippen molar-refractivity contribution >= 4 is 5.78 Å². The number of aromatic hydroxyl groups is 1. The van der Waals surface area contributed by atoms with Crippen molar-refractivity contribution in [1.29, 1.82) is 0 Å². The lowest BCUT2D eigenvalue weighted by molar-refractivity contribution is 0.101. The minimum absolute atomic E-state index is 0.0509. The van der Waals surface area contributed by atoms with Gasteiger partial charge >= 0.3 is 0 Å². The average molecular weight is 215 g/mol. The van der Waals surface area contributed by atoms with Crippen LogP contribution < -0.4 is 0 Å². The van der Waals surface area contributed by atoms with Crippen LogP contribution in [0.15, 0.2) is 54.9 Å². The Hall–Kier alpha value is -2.16. The SMILES string of the molecule is CC(=O)c1ccccc1O.c1ccncc1. The number of benzene rings is 1. The molecule has 0 unspecified atom stereocenters. The normalized spacial score (nSPS) is 8.81. The fourth-order valence-electron chi connectivity index (χ4n) is 1.08. The van der Waals surface area contributed by atoms with Crippen molar-refractivity contribution in [3.8, 4) is 5.75 Å². The van der Waals surface area contributed by atoms with E-state index in [9.17, 15) is 4.79 Å². The van der Waals surface area contributed by atoms with E-state index in [-0.39, 0.29) is 11.5 Å². The summed E-state index contributed by atoms with van der Waals surface area (Å²) in [5, 5.41) is 9.06. The summed E-state index contributed by atoms with van der Waals surface area (Å²) in [4.78, 5) is 14.5. The second-order valence-corrected chi connectivity index (χ2v) is 3.10. The first kappa shape index (κ1) is 11.9. The molecule has 0 atom stereocenters. The minimum atomic E-state index is -0.113. The van der Waals surface area contributed by atoms with Gasteiger partial charge in [0, 0.05) is 12.4 Å². The molecule has 16 heavy (non-hydrogen) atoms. The third-order valence-electron chi connectivity index (χ3n) is 1.85. The minimum Gasteiger partial charge on any atom is -0.507 e. The summed E-state index contributed by atoms with van der Waals surface area (Å²) in [6.07, 6.45) is 3.50. The topological polar surface area (TPSA) is 50.2 Å². The number of phenols is 1. The van der Waals surface area contributed by atoms with Crippen LogP contribution in [-0.2, 0) is 0 Å². The van der Waals surface area contributed by atoms with Gasteiger partial charge in [-0.05, 0) is 31.2 Å². The van der Waals surface area contributed by atoms with E-state index in [1.54, 1.807) is 30.6 Å². The van der Waals surface area contributed by atoms with E-state index in [0.29, 0.717) is 5.56 Å². The van der Waals surface area contributed by atoms with Gasteiger partial charge in [-0.2, -0.15) is 0 Å². The van der Waals surface area contributed by atoms with E-state index in [0.717, 1.165) is 0 Å². The predicted octanol–water partition coefficient (Wildman–Crippen LogP) is 2.68. The molecule has 82 valence electrons. The maximum atomic E-state index is 10.7. The second-order valence-electron chi connectivity index (χ2n) is 3.10. The van der Waals surface area contributed by atoms with Gasteiger partial charge in [0.15, 0.2) is 5.78 Å². The number of aromatic nitrogens is 1. The second kappa shape index (κ2) is 6.35. The summed E-state index contributed by atoms with van der Waals surface area (Å²) in [5.74, 6) is -0.0619. The van der Waals surface area contributed by atoms with Gasteiger partial charge in [0.25, 0.3) is 0 Å². The molecule has 1 aromatic carbocycles. The van der Waals surface area contributed by atoms with Crippen LogP contribution in [-0.4, -0.2) is 15.9 Å². The Morgan fingerprint density at radius 3 is 2.00 bits per heavy atom. The number of ketones is 1. The Kier molecular flexibility index (Phi) is 4.73. The lowest BCUT2D eigenvalue weighted by Crippen LogP contribution is -1.90. The van der Waals surface area contributed by atoms with Crippen LogP contribution in [0.4, 0.5) is 0 Å². The average Bonchev–Trinajstić information content (AvgIpc) is 2.32. The summed E-state index contributed by atoms with van der Waals surface area (Å²) in [6, 6.07) is 12.2. The highest BCUT2D eigenvalue weighted by atomic mass is 16.3. The largest absolute Gasteiger partial charge is 0.507 e. The number of pyridine rings is 1. The number of Topliss-reactive ketones (excluding diaryl/α,β-unsaturated/α-hetero) is 1. The molecule has 2 rings (SSSR count). The quantitative estimate of drug-likeness (QED) is 0.744. The Morgan fingerprint density at radius 1 is 1.06 bits per heavy atom. The number of hydrogen-bond donors (Lipinski definition) is 1. The molecular weight excluding hydrogens is 202 g/mol. The van der Waals surface area contributed by atoms with Crippen molar-refractivity contribution in [1.82, 2.24) is 4.98 Å². The predicted molar refractivity (Wildman–Crippen MR) is 62.3 cm³/mol. The summed E-state index contributed by atoms with van der Waals surface area (Å²) < 4.78 is 0. The molecule has 0 radical (unpaired) electrons. The Labute approximate surface area is 94.4 Å². The van der Waals surface area contributed by atoms with E-state index in [1.807, 2.05) is 18.2 Å². The fourth-order valence-corrected chi connectivity index (χ4v) is 1.08. The van der Waals surface area contributed by atoms with Gasteiger partial charge in [0.1, 0.15) is 5.75 Å². The number of carbonyl (C=O) groups excluding carboxylic acids is 1. The number of nitrogens with zero attached hydrogens (tertiary/aromatic N) is 1. The molecular formula is C13H13NO2. The van der Waals surface area contributed by atoms with Gasteiger partial charge in [-0.25, -0.2) is 0 Å². The van der Waals surface area contributed by atoms with Crippen molar-refractivity contribution < 1.29 is 9.90 Å². The number of phenolic OH excluding ortho intramolecular Hbond substituents is 1. The molecule has 0 aliphatic carbocycles. The highest BCUT2D eigenvalue weighted by molar-refractivity contribution is 5.96. The molecule has 2 aromatic rings. The maximum Gasteiger partial charge on any atom is 0.163 e. The van der Waals surface area contributed by atoms with Crippen LogP contribution in [0.5, 0.6) is 5.75 Å². The van der Waals surface area contributed by atoms with E-state index in [4.69, 9.17) is 5.11 Å². The number of rotatable bonds is 1. The van der Waals surface area contributed by atoms with Crippen LogP contribution >= 0.6 is 0 Å². The third kappa shape index (κ3) is 3.92. The monoisotopic (exact) mass is 215 g/mol. The standard InChI is InChI=1S/C8H8O2.C5H5N/c1-6(9)7-4-2-3-5-8(7)10;1-2-4-6-5-3-1/h2-5,10H,1H3;1-5H. The van der Waals surface area contributed by atoms with E-state index >= 15 is 0 Å². The fraction of sp³-hybridized carbons (Fsp3) is 0.0769. The highest BCUT2D eigenvalue weighted by Crippen LogP contribution is 2.15. The van der Waals surface area contributed by atoms with E-state index in [2.05, 4.69) is 4.98 Å². The molecule has 0 saturated carbocycles. The van der Waals surface area contributed by atoms with Crippen molar-refractivity contribution in [3.05, 3.63) is 60.4 Å². The molecule has 0 fully saturated rings. The van der Waals surface area contributed by atoms with Crippen molar-refractivity contribution in [2.45, 2.75) is 6.92 Å². The zero-order chi connectivity index (χ0) is 11.8. The summed E-state index contributed by atoms with van der Waals surface area (Å²) in [5.41, 5.74) is 0.377. The van der Waals surface area contributed by atoms with Gasteiger partial charge in [-0.15, -0.1) is 0 Å². The van der Waals surface area contributed by atoms with Gasteiger partial charge < -0.3 is 5.11 Å². The van der Waals surface area contributed by atoms with E-state index < -0.39 is 0 Å². The summed E-state index contributed by atoms with van der Waals surface area (Å²) in [7, 11) is 0. The van der Waals surface area contributed by atoms with Crippen molar-refractivity contribution in [2.75, 3.05) is 0 Å². The number of para-hydroxylation sites is 1. The van der Waals surface area contributed by atoms with E-state index in [1.165, 1.54) is 13.0 Å². The molecule has 0 saturated heterocycles. The smallest absolute Gasteiger partial charge is 0.163 e. The Balaban J connectivity index is 0.000000181. The van der Waals surface area contributed by atoms with Crippen LogP contribution in [0.3, 0.4) is 0 Å². The van der Waals surface area contributed by atoms with Crippen molar-refractivity contribution in [3.63, 3.8) is 0 Å². The summed E-state index contributed by atoms with van der Waals surface area (Å²) >= 11 is 0. The first-order chi connectivity index (χ1) is 7.72. The van der Waals surface area contributed by atoms with Crippen LogP contribution in [0.1, 0.15) is 17.3 Å². The van der Waals surface area contributed by atoms with Crippen LogP contribution in [0, 0.1) is 0 Å². The molecule has 1 N–H and O–H groups in total. The van der Waals surface area contributed by atoms with Gasteiger partial charge in [0.05, 0.1) is 5.56 Å². The maximum absolute atomic E-state index is 10.7. The zero-order valence-electron chi connectivity index (χ0n) is 9.00. The molecule has 1 aromatic heterocycles. The van der Waals surface area contributed by atoms with Crippen LogP contribution in [0.2, 0.25) is 0 Å². The molecule has 1 heterocycles. The first-order valence-electron chi connectivity index (χ1n) is 4.85. The molecule has 0 bridgehead atoms. The molecule has 0 amide bonds. The Morgan fingerprint density at radius 2 is 1.69 bits per heavy atom. The molecule has 0 aliphatic rings. The number of hydrogen-bond acceptors (Lipinski definition) is 3. The lowest BCUT2D eigenvalue weighted by atomic mass is 10.1. The molecule has 3 heteroatoms. The molecule has 3 nitrogen and oxygen atoms in total. The molecule has 0 aliphatic heterocycles. The molecule has 0 spiro atoms.